The first-order chi connectivity index (χ1) is 27.7. The van der Waals surface area contributed by atoms with Crippen LogP contribution in [0.25, 0.3) is 0 Å². The molecule has 0 aromatic heterocycles. The maximum atomic E-state index is 12.6. The Morgan fingerprint density at radius 3 is 1.42 bits per heavy atom. The molecule has 0 aromatic carbocycles. The largest absolute Gasteiger partial charge is 0.472 e. The molecule has 0 aromatic rings. The minimum absolute atomic E-state index is 0.115. The highest BCUT2D eigenvalue weighted by molar-refractivity contribution is 7.47. The number of ether oxygens (including phenoxy) is 2. The zero-order valence-corrected chi connectivity index (χ0v) is 36.4. The second-order valence-corrected chi connectivity index (χ2v) is 15.8. The van der Waals surface area contributed by atoms with Crippen LogP contribution in [0.1, 0.15) is 168 Å². The SMILES string of the molecule is CC/C=C\C/C=C\C/C=C\C/C=C\C/C=C\C/C=C\CCC(=O)OC[C@H](COP(=O)(O)OC[C@@H](O)CO)OC(=O)CCCCCCCCCCCCCCCCC. The molecule has 0 spiro atoms. The zero-order chi connectivity index (χ0) is 41.9. The van der Waals surface area contributed by atoms with Crippen molar-refractivity contribution in [3.63, 3.8) is 0 Å². The van der Waals surface area contributed by atoms with Crippen molar-refractivity contribution in [3.8, 4) is 0 Å². The smallest absolute Gasteiger partial charge is 0.462 e. The summed E-state index contributed by atoms with van der Waals surface area (Å²) in [6, 6.07) is 0. The molecule has 3 atom stereocenters. The molecule has 11 heteroatoms. The molecule has 0 rings (SSSR count). The topological polar surface area (TPSA) is 149 Å². The molecule has 0 saturated carbocycles. The molecule has 1 unspecified atom stereocenters. The van der Waals surface area contributed by atoms with Gasteiger partial charge in [-0.3, -0.25) is 18.6 Å². The lowest BCUT2D eigenvalue weighted by atomic mass is 10.0. The van der Waals surface area contributed by atoms with Gasteiger partial charge >= 0.3 is 19.8 Å². The molecule has 3 N–H and O–H groups in total. The maximum Gasteiger partial charge on any atom is 0.472 e. The van der Waals surface area contributed by atoms with Crippen LogP contribution in [0, 0.1) is 0 Å². The third-order valence-electron chi connectivity index (χ3n) is 8.89. The van der Waals surface area contributed by atoms with Crippen molar-refractivity contribution in [1.82, 2.24) is 0 Å². The van der Waals surface area contributed by atoms with E-state index < -0.39 is 51.8 Å². The Hall–Kier alpha value is -2.59. The van der Waals surface area contributed by atoms with E-state index in [2.05, 4.69) is 79.1 Å². The number of esters is 2. The van der Waals surface area contributed by atoms with Crippen molar-refractivity contribution in [2.75, 3.05) is 26.4 Å². The van der Waals surface area contributed by atoms with Gasteiger partial charge in [-0.1, -0.05) is 177 Å². The van der Waals surface area contributed by atoms with Gasteiger partial charge in [0.05, 0.1) is 19.8 Å². The van der Waals surface area contributed by atoms with Gasteiger partial charge in [0.25, 0.3) is 0 Å². The number of aliphatic hydroxyl groups excluding tert-OH is 2. The summed E-state index contributed by atoms with van der Waals surface area (Å²) >= 11 is 0. The van der Waals surface area contributed by atoms with E-state index in [1.807, 2.05) is 12.2 Å². The number of unbranched alkanes of at least 4 members (excludes halogenated alkanes) is 14. The second-order valence-electron chi connectivity index (χ2n) is 14.3. The van der Waals surface area contributed by atoms with Gasteiger partial charge in [0.2, 0.25) is 0 Å². The highest BCUT2D eigenvalue weighted by atomic mass is 31.2. The van der Waals surface area contributed by atoms with Crippen molar-refractivity contribution in [3.05, 3.63) is 72.9 Å². The monoisotopic (exact) mass is 823 g/mol. The summed E-state index contributed by atoms with van der Waals surface area (Å²) in [4.78, 5) is 35.0. The summed E-state index contributed by atoms with van der Waals surface area (Å²) in [5.74, 6) is -1.02. The van der Waals surface area contributed by atoms with Gasteiger partial charge < -0.3 is 24.6 Å². The lowest BCUT2D eigenvalue weighted by Gasteiger charge is -2.20. The standard InChI is InChI=1S/C46H79O10P/c1-3-5-7-9-11-13-15-17-19-20-21-22-24-25-27-29-31-33-35-37-45(49)53-41-44(42-55-57(51,52)54-40-43(48)39-47)56-46(50)38-36-34-32-30-28-26-23-18-16-14-12-10-8-6-4-2/h5,7,11,13,17,19,21-22,25,27,31,33,43-44,47-48H,3-4,6,8-10,12,14-16,18,20,23-24,26,28-30,32,34-42H2,1-2H3,(H,51,52)/b7-5-,13-11-,19-17-,22-21-,27-25-,33-31-/t43-,44+/m0/s1. The average molecular weight is 823 g/mol. The third-order valence-corrected chi connectivity index (χ3v) is 9.84. The van der Waals surface area contributed by atoms with Gasteiger partial charge in [-0.25, -0.2) is 4.57 Å². The Labute approximate surface area is 346 Å². The van der Waals surface area contributed by atoms with Gasteiger partial charge in [-0.2, -0.15) is 0 Å². The van der Waals surface area contributed by atoms with Crippen LogP contribution in [-0.4, -0.2) is 65.7 Å². The van der Waals surface area contributed by atoms with E-state index in [0.717, 1.165) is 57.8 Å². The van der Waals surface area contributed by atoms with Crippen LogP contribution in [0.15, 0.2) is 72.9 Å². The molecule has 0 radical (unpaired) electrons. The van der Waals surface area contributed by atoms with Crippen LogP contribution in [0.3, 0.4) is 0 Å². The number of hydrogen-bond donors (Lipinski definition) is 3. The summed E-state index contributed by atoms with van der Waals surface area (Å²) in [6.45, 7) is 2.18. The van der Waals surface area contributed by atoms with Gasteiger partial charge in [0, 0.05) is 12.8 Å². The molecule has 10 nitrogen and oxygen atoms in total. The highest BCUT2D eigenvalue weighted by Crippen LogP contribution is 2.43. The fourth-order valence-corrected chi connectivity index (χ4v) is 6.34. The molecule has 0 bridgehead atoms. The predicted molar refractivity (Wildman–Crippen MR) is 233 cm³/mol. The maximum absolute atomic E-state index is 12.6. The van der Waals surface area contributed by atoms with Crippen LogP contribution in [0.2, 0.25) is 0 Å². The van der Waals surface area contributed by atoms with Crippen molar-refractivity contribution in [2.24, 2.45) is 0 Å². The molecule has 0 heterocycles. The number of aliphatic hydroxyl groups is 2. The fraction of sp³-hybridized carbons (Fsp3) is 0.696. The quantitative estimate of drug-likeness (QED) is 0.0236. The Kier molecular flexibility index (Phi) is 39.7. The van der Waals surface area contributed by atoms with Gasteiger partial charge in [-0.15, -0.1) is 0 Å². The number of phosphoric ester groups is 1. The van der Waals surface area contributed by atoms with Gasteiger partial charge in [0.1, 0.15) is 12.7 Å². The zero-order valence-electron chi connectivity index (χ0n) is 35.5. The summed E-state index contributed by atoms with van der Waals surface area (Å²) in [5, 5.41) is 18.3. The molecular weight excluding hydrogens is 743 g/mol. The van der Waals surface area contributed by atoms with Crippen LogP contribution in [-0.2, 0) is 32.7 Å². The number of allylic oxidation sites excluding steroid dienone is 12. The molecule has 328 valence electrons. The number of rotatable bonds is 40. The second kappa shape index (κ2) is 41.6. The fourth-order valence-electron chi connectivity index (χ4n) is 5.55. The first-order valence-corrected chi connectivity index (χ1v) is 23.4. The first-order valence-electron chi connectivity index (χ1n) is 21.9. The molecule has 0 fully saturated rings. The molecule has 57 heavy (non-hydrogen) atoms. The number of carbonyl (C=O) groups excluding carboxylic acids is 2. The lowest BCUT2D eigenvalue weighted by Crippen LogP contribution is -2.29. The minimum atomic E-state index is -4.64. The Morgan fingerprint density at radius 1 is 0.544 bits per heavy atom. The predicted octanol–water partition coefficient (Wildman–Crippen LogP) is 11.7. The molecule has 0 aliphatic heterocycles. The minimum Gasteiger partial charge on any atom is -0.462 e. The van der Waals surface area contributed by atoms with Gasteiger partial charge in [-0.05, 0) is 51.4 Å². The highest BCUT2D eigenvalue weighted by Gasteiger charge is 2.27. The van der Waals surface area contributed by atoms with Crippen LogP contribution < -0.4 is 0 Å². The molecular formula is C46H79O10P. The van der Waals surface area contributed by atoms with Crippen LogP contribution >= 0.6 is 7.82 Å². The summed E-state index contributed by atoms with van der Waals surface area (Å²) < 4.78 is 32.6. The van der Waals surface area contributed by atoms with E-state index in [1.54, 1.807) is 0 Å². The average Bonchev–Trinajstić information content (AvgIpc) is 3.20. The van der Waals surface area contributed by atoms with E-state index in [1.165, 1.54) is 70.6 Å². The van der Waals surface area contributed by atoms with Crippen molar-refractivity contribution in [2.45, 2.75) is 180 Å². The Morgan fingerprint density at radius 2 is 0.965 bits per heavy atom. The lowest BCUT2D eigenvalue weighted by molar-refractivity contribution is -0.161. The number of carbonyl (C=O) groups is 2. The molecule has 0 aliphatic rings. The normalized spacial score (nSPS) is 14.5. The van der Waals surface area contributed by atoms with E-state index in [-0.39, 0.29) is 19.4 Å². The van der Waals surface area contributed by atoms with Gasteiger partial charge in [0.15, 0.2) is 6.10 Å². The first kappa shape index (κ1) is 54.4. The Balaban J connectivity index is 4.41. The molecule has 0 aliphatic carbocycles. The number of hydrogen-bond acceptors (Lipinski definition) is 9. The summed E-state index contributed by atoms with van der Waals surface area (Å²) in [5.41, 5.74) is 0. The molecule has 0 saturated heterocycles. The summed E-state index contributed by atoms with van der Waals surface area (Å²) in [7, 11) is -4.64. The third kappa shape index (κ3) is 41.4. The summed E-state index contributed by atoms with van der Waals surface area (Å²) in [6.07, 6.45) is 47.4. The van der Waals surface area contributed by atoms with E-state index in [9.17, 15) is 24.2 Å². The Bertz CT molecular complexity index is 1180. The van der Waals surface area contributed by atoms with E-state index >= 15 is 0 Å². The number of phosphoric acid groups is 1. The van der Waals surface area contributed by atoms with Crippen LogP contribution in [0.5, 0.6) is 0 Å². The van der Waals surface area contributed by atoms with Crippen molar-refractivity contribution >= 4 is 19.8 Å². The van der Waals surface area contributed by atoms with E-state index in [4.69, 9.17) is 19.1 Å². The molecule has 0 amide bonds. The van der Waals surface area contributed by atoms with E-state index in [0.29, 0.717) is 12.8 Å². The van der Waals surface area contributed by atoms with Crippen LogP contribution in [0.4, 0.5) is 0 Å². The van der Waals surface area contributed by atoms with Crippen molar-refractivity contribution in [1.29, 1.82) is 0 Å². The van der Waals surface area contributed by atoms with Crippen molar-refractivity contribution < 1.29 is 47.8 Å².